The van der Waals surface area contributed by atoms with E-state index in [-0.39, 0.29) is 11.3 Å². The van der Waals surface area contributed by atoms with Gasteiger partial charge in [0.1, 0.15) is 5.75 Å². The summed E-state index contributed by atoms with van der Waals surface area (Å²) in [5.74, 6) is 0.247. The molecule has 0 atom stereocenters. The van der Waals surface area contributed by atoms with E-state index in [0.717, 1.165) is 24.0 Å². The molecule has 72 valence electrons. The Morgan fingerprint density at radius 1 is 1.50 bits per heavy atom. The van der Waals surface area contributed by atoms with E-state index < -0.39 is 0 Å². The fourth-order valence-corrected chi connectivity index (χ4v) is 1.82. The third-order valence-corrected chi connectivity index (χ3v) is 2.69. The van der Waals surface area contributed by atoms with Crippen LogP contribution >= 0.6 is 0 Å². The van der Waals surface area contributed by atoms with Crippen LogP contribution in [-0.2, 0) is 10.3 Å². The number of isocyanates is 1. The van der Waals surface area contributed by atoms with E-state index in [2.05, 4.69) is 4.99 Å². The Bertz CT molecular complexity index is 415. The van der Waals surface area contributed by atoms with Gasteiger partial charge in [-0.2, -0.15) is 4.99 Å². The number of benzene rings is 1. The molecule has 1 aromatic rings. The fourth-order valence-electron chi connectivity index (χ4n) is 1.82. The van der Waals surface area contributed by atoms with Crippen molar-refractivity contribution in [2.75, 3.05) is 0 Å². The molecule has 0 saturated heterocycles. The standard InChI is InChI=1S/C11H11NO2/c1-8-6-9(14)2-3-10(8)11(4-5-11)12-7-13/h2-3,6,14H,4-5H2,1H3. The second-order valence-corrected chi connectivity index (χ2v) is 3.73. The molecule has 3 heteroatoms. The van der Waals surface area contributed by atoms with Crippen molar-refractivity contribution >= 4 is 6.08 Å². The quantitative estimate of drug-likeness (QED) is 0.571. The fraction of sp³-hybridized carbons (Fsp3) is 0.364. The summed E-state index contributed by atoms with van der Waals surface area (Å²) in [6, 6.07) is 5.15. The lowest BCUT2D eigenvalue weighted by molar-refractivity contribution is 0.474. The first-order valence-electron chi connectivity index (χ1n) is 4.57. The van der Waals surface area contributed by atoms with Crippen LogP contribution in [0.15, 0.2) is 23.2 Å². The summed E-state index contributed by atoms with van der Waals surface area (Å²) in [6.07, 6.45) is 3.42. The summed E-state index contributed by atoms with van der Waals surface area (Å²) in [5.41, 5.74) is 1.67. The highest BCUT2D eigenvalue weighted by Crippen LogP contribution is 2.50. The zero-order chi connectivity index (χ0) is 10.2. The van der Waals surface area contributed by atoms with Gasteiger partial charge in [-0.15, -0.1) is 0 Å². The van der Waals surface area contributed by atoms with Crippen molar-refractivity contribution in [1.82, 2.24) is 0 Å². The second-order valence-electron chi connectivity index (χ2n) is 3.73. The lowest BCUT2D eigenvalue weighted by Gasteiger charge is -2.11. The minimum absolute atomic E-state index is 0.247. The van der Waals surface area contributed by atoms with E-state index in [1.54, 1.807) is 18.2 Å². The Labute approximate surface area is 82.1 Å². The van der Waals surface area contributed by atoms with E-state index in [1.807, 2.05) is 13.0 Å². The topological polar surface area (TPSA) is 49.7 Å². The molecule has 1 saturated carbocycles. The highest BCUT2D eigenvalue weighted by atomic mass is 16.3. The molecule has 1 N–H and O–H groups in total. The molecule has 0 spiro atoms. The van der Waals surface area contributed by atoms with Crippen LogP contribution in [0.2, 0.25) is 0 Å². The average Bonchev–Trinajstić information content (AvgIpc) is 2.86. The number of aliphatic imine (C=N–C) groups is 1. The number of hydrogen-bond acceptors (Lipinski definition) is 3. The van der Waals surface area contributed by atoms with Crippen molar-refractivity contribution in [3.05, 3.63) is 29.3 Å². The molecule has 0 radical (unpaired) electrons. The van der Waals surface area contributed by atoms with Crippen LogP contribution in [0.25, 0.3) is 0 Å². The van der Waals surface area contributed by atoms with E-state index in [0.29, 0.717) is 0 Å². The molecule has 1 aliphatic carbocycles. The number of phenols is 1. The Kier molecular flexibility index (Phi) is 1.90. The summed E-state index contributed by atoms with van der Waals surface area (Å²) in [7, 11) is 0. The summed E-state index contributed by atoms with van der Waals surface area (Å²) < 4.78 is 0. The van der Waals surface area contributed by atoms with Crippen molar-refractivity contribution < 1.29 is 9.90 Å². The Hall–Kier alpha value is -1.60. The maximum atomic E-state index is 10.3. The van der Waals surface area contributed by atoms with Gasteiger partial charge < -0.3 is 5.11 Å². The van der Waals surface area contributed by atoms with Crippen LogP contribution in [0.5, 0.6) is 5.75 Å². The zero-order valence-electron chi connectivity index (χ0n) is 7.95. The predicted octanol–water partition coefficient (Wildman–Crippen LogP) is 2.03. The van der Waals surface area contributed by atoms with E-state index in [9.17, 15) is 9.90 Å². The summed E-state index contributed by atoms with van der Waals surface area (Å²) in [4.78, 5) is 14.1. The number of carbonyl (C=O) groups excluding carboxylic acids is 1. The van der Waals surface area contributed by atoms with Gasteiger partial charge in [0.05, 0.1) is 5.54 Å². The molecule has 14 heavy (non-hydrogen) atoms. The number of aryl methyl sites for hydroxylation is 1. The smallest absolute Gasteiger partial charge is 0.235 e. The van der Waals surface area contributed by atoms with Gasteiger partial charge in [-0.25, -0.2) is 4.79 Å². The Morgan fingerprint density at radius 3 is 2.71 bits per heavy atom. The van der Waals surface area contributed by atoms with Gasteiger partial charge in [-0.3, -0.25) is 0 Å². The molecular formula is C11H11NO2. The second kappa shape index (κ2) is 2.96. The molecule has 1 aromatic carbocycles. The Balaban J connectivity index is 2.47. The molecule has 1 aliphatic rings. The van der Waals surface area contributed by atoms with Gasteiger partial charge in [-0.05, 0) is 43.0 Å². The molecule has 1 fully saturated rings. The zero-order valence-corrected chi connectivity index (χ0v) is 7.95. The minimum atomic E-state index is -0.334. The molecule has 3 nitrogen and oxygen atoms in total. The van der Waals surface area contributed by atoms with Gasteiger partial charge in [0, 0.05) is 0 Å². The minimum Gasteiger partial charge on any atom is -0.508 e. The number of rotatable bonds is 2. The highest BCUT2D eigenvalue weighted by Gasteiger charge is 2.45. The van der Waals surface area contributed by atoms with Crippen molar-refractivity contribution in [2.24, 2.45) is 4.99 Å². The van der Waals surface area contributed by atoms with Crippen LogP contribution in [0, 0.1) is 6.92 Å². The number of nitrogens with zero attached hydrogens (tertiary/aromatic N) is 1. The van der Waals surface area contributed by atoms with Gasteiger partial charge >= 0.3 is 0 Å². The molecule has 0 bridgehead atoms. The summed E-state index contributed by atoms with van der Waals surface area (Å²) in [6.45, 7) is 1.91. The maximum absolute atomic E-state index is 10.3. The molecular weight excluding hydrogens is 178 g/mol. The van der Waals surface area contributed by atoms with E-state index >= 15 is 0 Å². The van der Waals surface area contributed by atoms with Gasteiger partial charge in [0.2, 0.25) is 6.08 Å². The number of aromatic hydroxyl groups is 1. The summed E-state index contributed by atoms with van der Waals surface area (Å²) in [5, 5.41) is 9.25. The monoisotopic (exact) mass is 189 g/mol. The molecule has 0 aliphatic heterocycles. The van der Waals surface area contributed by atoms with Crippen molar-refractivity contribution in [2.45, 2.75) is 25.3 Å². The third kappa shape index (κ3) is 1.32. The normalized spacial score (nSPS) is 17.2. The van der Waals surface area contributed by atoms with Crippen molar-refractivity contribution in [3.63, 3.8) is 0 Å². The molecule has 0 aromatic heterocycles. The largest absolute Gasteiger partial charge is 0.508 e. The molecule has 0 heterocycles. The number of hydrogen-bond donors (Lipinski definition) is 1. The first kappa shape index (κ1) is 8.97. The number of phenolic OH excluding ortho intramolecular Hbond substituents is 1. The van der Waals surface area contributed by atoms with Crippen LogP contribution < -0.4 is 0 Å². The highest BCUT2D eigenvalue weighted by molar-refractivity contribution is 5.45. The molecule has 0 amide bonds. The van der Waals surface area contributed by atoms with Crippen LogP contribution in [0.1, 0.15) is 24.0 Å². The van der Waals surface area contributed by atoms with Crippen LogP contribution in [-0.4, -0.2) is 11.2 Å². The average molecular weight is 189 g/mol. The van der Waals surface area contributed by atoms with Gasteiger partial charge in [0.25, 0.3) is 0 Å². The third-order valence-electron chi connectivity index (χ3n) is 2.69. The lowest BCUT2D eigenvalue weighted by atomic mass is 9.99. The van der Waals surface area contributed by atoms with Crippen LogP contribution in [0.4, 0.5) is 0 Å². The lowest BCUT2D eigenvalue weighted by Crippen LogP contribution is -2.04. The van der Waals surface area contributed by atoms with Crippen molar-refractivity contribution in [3.8, 4) is 5.75 Å². The Morgan fingerprint density at radius 2 is 2.21 bits per heavy atom. The van der Waals surface area contributed by atoms with E-state index in [1.165, 1.54) is 0 Å². The SMILES string of the molecule is Cc1cc(O)ccc1C1(N=C=O)CC1. The first-order chi connectivity index (χ1) is 6.68. The van der Waals surface area contributed by atoms with Crippen molar-refractivity contribution in [1.29, 1.82) is 0 Å². The summed E-state index contributed by atoms with van der Waals surface area (Å²) >= 11 is 0. The van der Waals surface area contributed by atoms with Crippen LogP contribution in [0.3, 0.4) is 0 Å². The van der Waals surface area contributed by atoms with E-state index in [4.69, 9.17) is 0 Å². The molecule has 2 rings (SSSR count). The molecule has 0 unspecified atom stereocenters. The van der Waals surface area contributed by atoms with Gasteiger partial charge in [0.15, 0.2) is 0 Å². The van der Waals surface area contributed by atoms with Gasteiger partial charge in [-0.1, -0.05) is 6.07 Å². The first-order valence-corrected chi connectivity index (χ1v) is 4.57. The maximum Gasteiger partial charge on any atom is 0.235 e. The predicted molar refractivity (Wildman–Crippen MR) is 51.9 cm³/mol.